The third kappa shape index (κ3) is 5.60. The summed E-state index contributed by atoms with van der Waals surface area (Å²) in [5.74, 6) is 0.497. The van der Waals surface area contributed by atoms with Crippen LogP contribution in [-0.4, -0.2) is 33.7 Å². The molecule has 1 aromatic carbocycles. The van der Waals surface area contributed by atoms with Gasteiger partial charge in [-0.05, 0) is 24.8 Å². The number of carbonyl (C=O) groups is 1. The highest BCUT2D eigenvalue weighted by atomic mass is 32.2. The number of carbonyl (C=O) groups excluding carboxylic acids is 1. The summed E-state index contributed by atoms with van der Waals surface area (Å²) in [6, 6.07) is 6.07. The second-order valence-corrected chi connectivity index (χ2v) is 8.47. The maximum atomic E-state index is 12.4. The Morgan fingerprint density at radius 2 is 2.04 bits per heavy atom. The first-order valence-corrected chi connectivity index (χ1v) is 9.65. The number of ether oxygens (including phenoxy) is 1. The zero-order valence-electron chi connectivity index (χ0n) is 12.9. The van der Waals surface area contributed by atoms with Gasteiger partial charge in [-0.15, -0.1) is 10.2 Å². The summed E-state index contributed by atoms with van der Waals surface area (Å²) in [5.41, 5.74) is 0.203. The summed E-state index contributed by atoms with van der Waals surface area (Å²) in [4.78, 5) is 12.3. The van der Waals surface area contributed by atoms with E-state index in [1.165, 1.54) is 35.2 Å². The number of anilines is 1. The molecule has 1 heterocycles. The van der Waals surface area contributed by atoms with Gasteiger partial charge in [0.2, 0.25) is 5.91 Å². The molecule has 24 heavy (non-hydrogen) atoms. The van der Waals surface area contributed by atoms with Crippen molar-refractivity contribution in [2.24, 2.45) is 0 Å². The summed E-state index contributed by atoms with van der Waals surface area (Å²) < 4.78 is 30.7. The molecule has 0 aliphatic heterocycles. The monoisotopic (exact) mass is 391 g/mol. The first-order chi connectivity index (χ1) is 11.5. The molecule has 0 bridgehead atoms. The predicted octanol–water partition coefficient (Wildman–Crippen LogP) is 4.37. The normalized spacial score (nSPS) is 12.2. The smallest absolute Gasteiger partial charge is 0.387 e. The number of alkyl halides is 2. The minimum Gasteiger partial charge on any atom is -0.433 e. The third-order valence-corrected chi connectivity index (χ3v) is 5.79. The Kier molecular flexibility index (Phi) is 7.25. The average molecular weight is 391 g/mol. The van der Waals surface area contributed by atoms with E-state index in [1.54, 1.807) is 30.8 Å². The van der Waals surface area contributed by atoms with E-state index >= 15 is 0 Å². The standard InChI is InChI=1S/C14H15F2N3O2S3/c1-3-22-13-18-19-14(24-13)23-8(2)11(20)17-9-6-4-5-7-10(9)21-12(15)16/h4-8,12H,3H2,1-2H3,(H,17,20)/t8-/m0/s1. The number of amides is 1. The van der Waals surface area contributed by atoms with Crippen molar-refractivity contribution in [1.82, 2.24) is 10.2 Å². The Morgan fingerprint density at radius 3 is 2.75 bits per heavy atom. The zero-order chi connectivity index (χ0) is 17.5. The first kappa shape index (κ1) is 18.9. The number of aromatic nitrogens is 2. The molecule has 130 valence electrons. The Labute approximate surface area is 150 Å². The largest absolute Gasteiger partial charge is 0.433 e. The lowest BCUT2D eigenvalue weighted by Gasteiger charge is -2.14. The number of hydrogen-bond acceptors (Lipinski definition) is 7. The highest BCUT2D eigenvalue weighted by Crippen LogP contribution is 2.32. The molecule has 0 fully saturated rings. The minimum atomic E-state index is -2.95. The fourth-order valence-electron chi connectivity index (χ4n) is 1.63. The highest BCUT2D eigenvalue weighted by molar-refractivity contribution is 8.03. The summed E-state index contributed by atoms with van der Waals surface area (Å²) >= 11 is 4.27. The summed E-state index contributed by atoms with van der Waals surface area (Å²) in [5, 5.41) is 10.2. The molecule has 0 saturated heterocycles. The number of hydrogen-bond donors (Lipinski definition) is 1. The van der Waals surface area contributed by atoms with Gasteiger partial charge in [0.05, 0.1) is 10.9 Å². The number of rotatable bonds is 8. The van der Waals surface area contributed by atoms with E-state index in [-0.39, 0.29) is 17.3 Å². The topological polar surface area (TPSA) is 64.1 Å². The van der Waals surface area contributed by atoms with Crippen LogP contribution in [0.25, 0.3) is 0 Å². The van der Waals surface area contributed by atoms with E-state index in [4.69, 9.17) is 0 Å². The number of thioether (sulfide) groups is 2. The predicted molar refractivity (Wildman–Crippen MR) is 93.3 cm³/mol. The molecule has 1 N–H and O–H groups in total. The maximum Gasteiger partial charge on any atom is 0.387 e. The van der Waals surface area contributed by atoms with Crippen LogP contribution in [0.5, 0.6) is 5.75 Å². The van der Waals surface area contributed by atoms with Crippen LogP contribution in [0.3, 0.4) is 0 Å². The number of para-hydroxylation sites is 2. The van der Waals surface area contributed by atoms with Crippen molar-refractivity contribution in [3.8, 4) is 5.75 Å². The molecule has 10 heteroatoms. The van der Waals surface area contributed by atoms with Gasteiger partial charge in [0, 0.05) is 0 Å². The molecule has 2 aromatic rings. The number of benzene rings is 1. The van der Waals surface area contributed by atoms with Crippen molar-refractivity contribution in [2.45, 2.75) is 34.4 Å². The SMILES string of the molecule is CCSc1nnc(S[C@@H](C)C(=O)Nc2ccccc2OC(F)F)s1. The molecule has 1 atom stereocenters. The van der Waals surface area contributed by atoms with Crippen molar-refractivity contribution in [1.29, 1.82) is 0 Å². The molecule has 0 aliphatic carbocycles. The number of nitrogens with one attached hydrogen (secondary N) is 1. The molecule has 0 unspecified atom stereocenters. The van der Waals surface area contributed by atoms with Crippen molar-refractivity contribution in [3.05, 3.63) is 24.3 Å². The molecular formula is C14H15F2N3O2S3. The molecule has 1 aromatic heterocycles. The van der Waals surface area contributed by atoms with Crippen LogP contribution < -0.4 is 10.1 Å². The van der Waals surface area contributed by atoms with Gasteiger partial charge in [-0.1, -0.05) is 53.9 Å². The number of nitrogens with zero attached hydrogens (tertiary/aromatic N) is 2. The van der Waals surface area contributed by atoms with E-state index in [1.807, 2.05) is 6.92 Å². The van der Waals surface area contributed by atoms with E-state index in [0.717, 1.165) is 10.1 Å². The van der Waals surface area contributed by atoms with Crippen molar-refractivity contribution in [2.75, 3.05) is 11.1 Å². The average Bonchev–Trinajstić information content (AvgIpc) is 2.96. The van der Waals surface area contributed by atoms with Crippen molar-refractivity contribution < 1.29 is 18.3 Å². The van der Waals surface area contributed by atoms with Crippen LogP contribution in [0.1, 0.15) is 13.8 Å². The van der Waals surface area contributed by atoms with Gasteiger partial charge in [-0.2, -0.15) is 8.78 Å². The van der Waals surface area contributed by atoms with Crippen LogP contribution in [-0.2, 0) is 4.79 Å². The second-order valence-electron chi connectivity index (χ2n) is 4.39. The Hall–Kier alpha value is -1.39. The van der Waals surface area contributed by atoms with Crippen molar-refractivity contribution in [3.63, 3.8) is 0 Å². The first-order valence-electron chi connectivity index (χ1n) is 6.97. The molecule has 0 saturated carbocycles. The summed E-state index contributed by atoms with van der Waals surface area (Å²) in [6.07, 6.45) is 0. The van der Waals surface area contributed by atoms with Gasteiger partial charge in [0.25, 0.3) is 0 Å². The van der Waals surface area contributed by atoms with Crippen LogP contribution >= 0.6 is 34.9 Å². The zero-order valence-corrected chi connectivity index (χ0v) is 15.3. The second kappa shape index (κ2) is 9.19. The molecular weight excluding hydrogens is 376 g/mol. The fourth-order valence-corrected chi connectivity index (χ4v) is 4.70. The van der Waals surface area contributed by atoms with Gasteiger partial charge in [0.15, 0.2) is 8.68 Å². The van der Waals surface area contributed by atoms with Crippen LogP contribution in [0.2, 0.25) is 0 Å². The van der Waals surface area contributed by atoms with Crippen LogP contribution in [0, 0.1) is 0 Å². The van der Waals surface area contributed by atoms with Gasteiger partial charge in [-0.3, -0.25) is 4.79 Å². The Balaban J connectivity index is 1.98. The fraction of sp³-hybridized carbons (Fsp3) is 0.357. The molecule has 5 nitrogen and oxygen atoms in total. The third-order valence-electron chi connectivity index (χ3n) is 2.66. The molecule has 0 aliphatic rings. The lowest BCUT2D eigenvalue weighted by molar-refractivity contribution is -0.115. The van der Waals surface area contributed by atoms with E-state index in [2.05, 4.69) is 20.3 Å². The van der Waals surface area contributed by atoms with Crippen molar-refractivity contribution >= 4 is 46.5 Å². The summed E-state index contributed by atoms with van der Waals surface area (Å²) in [7, 11) is 0. The molecule has 2 rings (SSSR count). The van der Waals surface area contributed by atoms with Crippen LogP contribution in [0.15, 0.2) is 32.9 Å². The molecule has 0 spiro atoms. The lowest BCUT2D eigenvalue weighted by Crippen LogP contribution is -2.23. The van der Waals surface area contributed by atoms with Gasteiger partial charge in [-0.25, -0.2) is 0 Å². The van der Waals surface area contributed by atoms with Gasteiger partial charge >= 0.3 is 6.61 Å². The van der Waals surface area contributed by atoms with Crippen LogP contribution in [0.4, 0.5) is 14.5 Å². The quantitative estimate of drug-likeness (QED) is 0.674. The Morgan fingerprint density at radius 1 is 1.33 bits per heavy atom. The Bertz CT molecular complexity index is 685. The van der Waals surface area contributed by atoms with E-state index in [0.29, 0.717) is 4.34 Å². The van der Waals surface area contributed by atoms with Gasteiger partial charge in [0.1, 0.15) is 5.75 Å². The number of halogens is 2. The maximum absolute atomic E-state index is 12.4. The highest BCUT2D eigenvalue weighted by Gasteiger charge is 2.19. The molecule has 1 amide bonds. The lowest BCUT2D eigenvalue weighted by atomic mass is 10.3. The molecule has 0 radical (unpaired) electrons. The van der Waals surface area contributed by atoms with E-state index < -0.39 is 11.9 Å². The van der Waals surface area contributed by atoms with Gasteiger partial charge < -0.3 is 10.1 Å². The minimum absolute atomic E-state index is 0.0735. The summed E-state index contributed by atoms with van der Waals surface area (Å²) in [6.45, 7) is 0.782. The van der Waals surface area contributed by atoms with E-state index in [9.17, 15) is 13.6 Å².